The van der Waals surface area contributed by atoms with Gasteiger partial charge in [-0.3, -0.25) is 0 Å². The molecule has 3 aromatic rings. The monoisotopic (exact) mass is 486 g/mol. The topological polar surface area (TPSA) is 71.7 Å². The van der Waals surface area contributed by atoms with Crippen molar-refractivity contribution in [3.8, 4) is 10.6 Å². The van der Waals surface area contributed by atoms with Crippen LogP contribution in [0.15, 0.2) is 22.1 Å². The van der Waals surface area contributed by atoms with Gasteiger partial charge in [0.2, 0.25) is 0 Å². The number of aromatic nitrogens is 2. The molecule has 12 heteroatoms. The van der Waals surface area contributed by atoms with Gasteiger partial charge in [0.1, 0.15) is 27.5 Å². The molecule has 7 nitrogen and oxygen atoms in total. The molecule has 1 saturated heterocycles. The fraction of sp³-hybridized carbons (Fsp3) is 0.476. The maximum Gasteiger partial charge on any atom is 0.420 e. The Morgan fingerprint density at radius 2 is 2.00 bits per heavy atom. The van der Waals surface area contributed by atoms with Gasteiger partial charge < -0.3 is 19.0 Å². The van der Waals surface area contributed by atoms with Crippen LogP contribution in [0.2, 0.25) is 0 Å². The summed E-state index contributed by atoms with van der Waals surface area (Å²) < 4.78 is 66.9. The van der Waals surface area contributed by atoms with Crippen LogP contribution in [0.25, 0.3) is 21.7 Å². The Hall–Kier alpha value is -2.89. The lowest BCUT2D eigenvalue weighted by Gasteiger charge is -2.39. The first-order valence-corrected chi connectivity index (χ1v) is 11.1. The van der Waals surface area contributed by atoms with Gasteiger partial charge in [0.05, 0.1) is 5.56 Å². The lowest BCUT2D eigenvalue weighted by Crippen LogP contribution is -2.54. The molecule has 1 aromatic carbocycles. The van der Waals surface area contributed by atoms with E-state index in [9.17, 15) is 22.4 Å². The molecule has 2 aromatic heterocycles. The second-order valence-electron chi connectivity index (χ2n) is 8.76. The molecule has 0 spiro atoms. The lowest BCUT2D eigenvalue weighted by molar-refractivity contribution is -0.139. The molecule has 1 aliphatic rings. The Bertz CT molecular complexity index is 1170. The molecular weight excluding hydrogens is 464 g/mol. The summed E-state index contributed by atoms with van der Waals surface area (Å²) >= 11 is 0.946. The van der Waals surface area contributed by atoms with E-state index in [2.05, 4.69) is 9.97 Å². The number of anilines is 1. The third-order valence-corrected chi connectivity index (χ3v) is 5.87. The van der Waals surface area contributed by atoms with Crippen LogP contribution in [0.3, 0.4) is 0 Å². The first kappa shape index (κ1) is 23.3. The number of hydrogen-bond acceptors (Lipinski definition) is 7. The van der Waals surface area contributed by atoms with Gasteiger partial charge in [0.25, 0.3) is 6.01 Å². The van der Waals surface area contributed by atoms with Gasteiger partial charge in [-0.1, -0.05) is 0 Å². The van der Waals surface area contributed by atoms with Crippen molar-refractivity contribution >= 4 is 34.5 Å². The van der Waals surface area contributed by atoms with Crippen molar-refractivity contribution in [2.24, 2.45) is 0 Å². The molecule has 0 saturated carbocycles. The Kier molecular flexibility index (Phi) is 5.75. The third-order valence-electron chi connectivity index (χ3n) is 5.08. The van der Waals surface area contributed by atoms with Crippen molar-refractivity contribution in [2.75, 3.05) is 24.5 Å². The summed E-state index contributed by atoms with van der Waals surface area (Å²) in [5.74, 6) is -1.44. The summed E-state index contributed by atoms with van der Waals surface area (Å²) in [5.41, 5.74) is -2.76. The number of carbonyl (C=O) groups is 1. The van der Waals surface area contributed by atoms with Crippen LogP contribution < -0.4 is 4.90 Å². The number of rotatable bonds is 2. The second-order valence-corrected chi connectivity index (χ2v) is 9.65. The van der Waals surface area contributed by atoms with Crippen LogP contribution in [-0.4, -0.2) is 52.2 Å². The van der Waals surface area contributed by atoms with Crippen LogP contribution in [0.1, 0.15) is 33.3 Å². The summed E-state index contributed by atoms with van der Waals surface area (Å²) in [6.45, 7) is 8.07. The quantitative estimate of drug-likeness (QED) is 0.442. The number of fused-ring (bicyclic) bond motifs is 1. The molecule has 1 fully saturated rings. The third kappa shape index (κ3) is 4.61. The first-order chi connectivity index (χ1) is 15.3. The highest BCUT2D eigenvalue weighted by molar-refractivity contribution is 7.13. The van der Waals surface area contributed by atoms with E-state index in [1.807, 2.05) is 6.92 Å². The molecule has 1 atom stereocenters. The number of benzene rings is 1. The van der Waals surface area contributed by atoms with Gasteiger partial charge >= 0.3 is 12.3 Å². The number of amides is 1. The molecule has 33 heavy (non-hydrogen) atoms. The van der Waals surface area contributed by atoms with Crippen LogP contribution in [-0.2, 0) is 10.9 Å². The molecular formula is C21H22F4N4O3S. The lowest BCUT2D eigenvalue weighted by atomic mass is 10.1. The van der Waals surface area contributed by atoms with E-state index in [1.165, 1.54) is 11.6 Å². The van der Waals surface area contributed by atoms with Crippen molar-refractivity contribution in [1.82, 2.24) is 14.9 Å². The fourth-order valence-electron chi connectivity index (χ4n) is 3.71. The van der Waals surface area contributed by atoms with Crippen LogP contribution in [0.4, 0.5) is 28.4 Å². The number of piperazine rings is 1. The average molecular weight is 486 g/mol. The SMILES string of the molecule is CC1CN(C(=O)OC(C)(C)C)CCN1c1nc2cc(F)c(C(F)(F)F)c(-c3nccs3)c2o1. The molecule has 1 amide bonds. The molecule has 1 unspecified atom stereocenters. The zero-order chi connectivity index (χ0) is 24.1. The standard InChI is InChI=1S/C21H22F4N4O3S/c1-11-10-28(19(30)32-20(2,3)4)6-7-29(11)18-27-13-9-12(22)15(21(23,24)25)14(16(13)31-18)17-26-5-8-33-17/h5,8-9,11H,6-7,10H2,1-4H3. The van der Waals surface area contributed by atoms with Crippen molar-refractivity contribution in [3.63, 3.8) is 0 Å². The molecule has 4 rings (SSSR count). The zero-order valence-corrected chi connectivity index (χ0v) is 19.2. The minimum absolute atomic E-state index is 0.0164. The number of oxazole rings is 1. The van der Waals surface area contributed by atoms with Crippen LogP contribution >= 0.6 is 11.3 Å². The maximum absolute atomic E-state index is 14.6. The van der Waals surface area contributed by atoms with E-state index in [1.54, 1.807) is 30.6 Å². The van der Waals surface area contributed by atoms with Crippen LogP contribution in [0, 0.1) is 5.82 Å². The molecule has 0 aliphatic carbocycles. The number of thiazole rings is 1. The van der Waals surface area contributed by atoms with E-state index < -0.39 is 34.8 Å². The van der Waals surface area contributed by atoms with Gasteiger partial charge in [0, 0.05) is 43.3 Å². The summed E-state index contributed by atoms with van der Waals surface area (Å²) in [7, 11) is 0. The first-order valence-electron chi connectivity index (χ1n) is 10.2. The highest BCUT2D eigenvalue weighted by atomic mass is 32.1. The predicted octanol–water partition coefficient (Wildman–Crippen LogP) is 5.55. The van der Waals surface area contributed by atoms with E-state index in [-0.39, 0.29) is 28.2 Å². The highest BCUT2D eigenvalue weighted by Crippen LogP contribution is 2.44. The maximum atomic E-state index is 14.6. The summed E-state index contributed by atoms with van der Waals surface area (Å²) in [6, 6.07) is 0.511. The molecule has 1 aliphatic heterocycles. The number of halogens is 4. The van der Waals surface area contributed by atoms with Crippen molar-refractivity contribution < 1.29 is 31.5 Å². The fourth-order valence-corrected chi connectivity index (χ4v) is 4.39. The Morgan fingerprint density at radius 1 is 1.27 bits per heavy atom. The van der Waals surface area contributed by atoms with Crippen LogP contribution in [0.5, 0.6) is 0 Å². The zero-order valence-electron chi connectivity index (χ0n) is 18.4. The normalized spacial score (nSPS) is 17.6. The van der Waals surface area contributed by atoms with Gasteiger partial charge in [-0.25, -0.2) is 14.2 Å². The average Bonchev–Trinajstić information content (AvgIpc) is 3.34. The number of ether oxygens (including phenoxy) is 1. The van der Waals surface area contributed by atoms with Gasteiger partial charge in [-0.2, -0.15) is 18.2 Å². The molecule has 0 radical (unpaired) electrons. The van der Waals surface area contributed by atoms with Gasteiger partial charge in [-0.05, 0) is 27.7 Å². The summed E-state index contributed by atoms with van der Waals surface area (Å²) in [4.78, 5) is 23.9. The largest absolute Gasteiger partial charge is 0.444 e. The van der Waals surface area contributed by atoms with Gasteiger partial charge in [-0.15, -0.1) is 11.3 Å². The second kappa shape index (κ2) is 8.15. The smallest absolute Gasteiger partial charge is 0.420 e. The Labute approximate surface area is 191 Å². The van der Waals surface area contributed by atoms with Crippen molar-refractivity contribution in [2.45, 2.75) is 45.5 Å². The number of nitrogens with zero attached hydrogens (tertiary/aromatic N) is 4. The van der Waals surface area contributed by atoms with Crippen molar-refractivity contribution in [3.05, 3.63) is 29.0 Å². The highest BCUT2D eigenvalue weighted by Gasteiger charge is 2.41. The minimum Gasteiger partial charge on any atom is -0.444 e. The predicted molar refractivity (Wildman–Crippen MR) is 115 cm³/mol. The summed E-state index contributed by atoms with van der Waals surface area (Å²) in [6.07, 6.45) is -4.06. The Morgan fingerprint density at radius 3 is 2.58 bits per heavy atom. The molecule has 0 N–H and O–H groups in total. The molecule has 3 heterocycles. The summed E-state index contributed by atoms with van der Waals surface area (Å²) in [5, 5.41) is 1.49. The Balaban J connectivity index is 1.70. The minimum atomic E-state index is -4.95. The van der Waals surface area contributed by atoms with E-state index in [0.717, 1.165) is 17.4 Å². The number of carbonyl (C=O) groups excluding carboxylic acids is 1. The van der Waals surface area contributed by atoms with E-state index in [0.29, 0.717) is 19.6 Å². The number of alkyl halides is 3. The number of hydrogen-bond donors (Lipinski definition) is 0. The molecule has 0 bridgehead atoms. The molecule has 178 valence electrons. The van der Waals surface area contributed by atoms with E-state index >= 15 is 0 Å². The van der Waals surface area contributed by atoms with Crippen molar-refractivity contribution in [1.29, 1.82) is 0 Å². The van der Waals surface area contributed by atoms with Gasteiger partial charge in [0.15, 0.2) is 5.58 Å². The van der Waals surface area contributed by atoms with E-state index in [4.69, 9.17) is 9.15 Å².